The van der Waals surface area contributed by atoms with Crippen LogP contribution in [-0.4, -0.2) is 37.7 Å². The second-order valence-corrected chi connectivity index (χ2v) is 6.32. The summed E-state index contributed by atoms with van der Waals surface area (Å²) < 4.78 is 7.63. The van der Waals surface area contributed by atoms with E-state index in [-0.39, 0.29) is 0 Å². The number of rotatable bonds is 3. The van der Waals surface area contributed by atoms with Gasteiger partial charge in [-0.05, 0) is 31.9 Å². The van der Waals surface area contributed by atoms with Crippen LogP contribution in [0.3, 0.4) is 0 Å². The van der Waals surface area contributed by atoms with Gasteiger partial charge in [0.1, 0.15) is 0 Å². The Kier molecular flexibility index (Phi) is 4.03. The lowest BCUT2D eigenvalue weighted by Gasteiger charge is -2.26. The summed E-state index contributed by atoms with van der Waals surface area (Å²) >= 11 is 1.80. The van der Waals surface area contributed by atoms with Crippen molar-refractivity contribution in [2.45, 2.75) is 36.3 Å². The van der Waals surface area contributed by atoms with Crippen LogP contribution in [0.1, 0.15) is 19.8 Å². The van der Waals surface area contributed by atoms with Crippen LogP contribution in [0.15, 0.2) is 29.7 Å². The molecule has 0 unspecified atom stereocenters. The van der Waals surface area contributed by atoms with Crippen molar-refractivity contribution in [1.29, 1.82) is 0 Å². The topological polar surface area (TPSA) is 52.8 Å². The van der Waals surface area contributed by atoms with Gasteiger partial charge in [0.15, 0.2) is 11.0 Å². The maximum absolute atomic E-state index is 5.59. The molecule has 1 aliphatic heterocycles. The predicted octanol–water partition coefficient (Wildman–Crippen LogP) is 2.54. The molecule has 6 heteroatoms. The highest BCUT2D eigenvalue weighted by Crippen LogP contribution is 2.31. The van der Waals surface area contributed by atoms with Crippen molar-refractivity contribution in [2.75, 3.05) is 6.61 Å². The van der Waals surface area contributed by atoms with Crippen molar-refractivity contribution in [3.05, 3.63) is 24.5 Å². The summed E-state index contributed by atoms with van der Waals surface area (Å²) in [5.74, 6) is 0.862. The molecule has 1 fully saturated rings. The van der Waals surface area contributed by atoms with Crippen LogP contribution in [0.25, 0.3) is 11.4 Å². The van der Waals surface area contributed by atoms with Crippen LogP contribution in [0.5, 0.6) is 0 Å². The molecule has 0 N–H and O–H groups in total. The second kappa shape index (κ2) is 5.93. The van der Waals surface area contributed by atoms with Gasteiger partial charge in [-0.2, -0.15) is 0 Å². The van der Waals surface area contributed by atoms with E-state index < -0.39 is 0 Å². The molecular formula is C14H18N4OS. The van der Waals surface area contributed by atoms with Crippen LogP contribution >= 0.6 is 11.8 Å². The second-order valence-electron chi connectivity index (χ2n) is 5.05. The average Bonchev–Trinajstić information content (AvgIpc) is 2.81. The Bertz CT molecular complexity index is 572. The Hall–Kier alpha value is -1.40. The molecule has 5 nitrogen and oxygen atoms in total. The number of hydrogen-bond donors (Lipinski definition) is 0. The van der Waals surface area contributed by atoms with Crippen LogP contribution < -0.4 is 0 Å². The first kappa shape index (κ1) is 13.6. The Balaban J connectivity index is 1.77. The average molecular weight is 290 g/mol. The first-order valence-corrected chi connectivity index (χ1v) is 7.70. The van der Waals surface area contributed by atoms with E-state index in [1.165, 1.54) is 0 Å². The van der Waals surface area contributed by atoms with Crippen molar-refractivity contribution in [1.82, 2.24) is 19.7 Å². The van der Waals surface area contributed by atoms with Gasteiger partial charge in [-0.3, -0.25) is 4.98 Å². The minimum absolute atomic E-state index is 0.340. The number of aromatic nitrogens is 4. The van der Waals surface area contributed by atoms with E-state index in [0.717, 1.165) is 36.0 Å². The summed E-state index contributed by atoms with van der Waals surface area (Å²) in [5.41, 5.74) is 0.995. The molecule has 106 valence electrons. The molecule has 0 aromatic carbocycles. The fraction of sp³-hybridized carbons (Fsp3) is 0.500. The van der Waals surface area contributed by atoms with Crippen LogP contribution in [0.2, 0.25) is 0 Å². The SMILES string of the molecule is C[C@@H]1C[C@@H](Sc2nnc(-c3cccnc3)n2C)CCO1. The smallest absolute Gasteiger partial charge is 0.191 e. The Morgan fingerprint density at radius 1 is 1.40 bits per heavy atom. The van der Waals surface area contributed by atoms with Gasteiger partial charge in [0.25, 0.3) is 0 Å². The number of nitrogens with zero attached hydrogens (tertiary/aromatic N) is 4. The third-order valence-corrected chi connectivity index (χ3v) is 4.79. The first-order valence-electron chi connectivity index (χ1n) is 6.82. The van der Waals surface area contributed by atoms with Crippen LogP contribution in [0, 0.1) is 0 Å². The number of pyridine rings is 1. The molecule has 2 aromatic rings. The monoisotopic (exact) mass is 290 g/mol. The van der Waals surface area contributed by atoms with E-state index in [4.69, 9.17) is 4.74 Å². The Morgan fingerprint density at radius 3 is 3.05 bits per heavy atom. The highest BCUT2D eigenvalue weighted by Gasteiger charge is 2.23. The zero-order valence-electron chi connectivity index (χ0n) is 11.7. The fourth-order valence-electron chi connectivity index (χ4n) is 2.38. The molecule has 20 heavy (non-hydrogen) atoms. The lowest BCUT2D eigenvalue weighted by atomic mass is 10.1. The van der Waals surface area contributed by atoms with Crippen LogP contribution in [-0.2, 0) is 11.8 Å². The van der Waals surface area contributed by atoms with Gasteiger partial charge in [0.2, 0.25) is 0 Å². The standard InChI is InChI=1S/C14H18N4OS/c1-10-8-12(5-7-19-10)20-14-17-16-13(18(14)2)11-4-3-6-15-9-11/h3-4,6,9-10,12H,5,7-8H2,1-2H3/t10-,12+/m1/s1. The maximum atomic E-state index is 5.59. The molecule has 2 aromatic heterocycles. The molecule has 0 bridgehead atoms. The maximum Gasteiger partial charge on any atom is 0.191 e. The predicted molar refractivity (Wildman–Crippen MR) is 78.5 cm³/mol. The van der Waals surface area contributed by atoms with E-state index >= 15 is 0 Å². The van der Waals surface area contributed by atoms with Gasteiger partial charge in [0.05, 0.1) is 6.10 Å². The highest BCUT2D eigenvalue weighted by molar-refractivity contribution is 7.99. The molecule has 1 saturated heterocycles. The lowest BCUT2D eigenvalue weighted by Crippen LogP contribution is -2.24. The fourth-order valence-corrected chi connectivity index (χ4v) is 3.59. The van der Waals surface area contributed by atoms with Crippen molar-refractivity contribution in [3.8, 4) is 11.4 Å². The molecule has 1 aliphatic rings. The molecule has 3 heterocycles. The van der Waals surface area contributed by atoms with E-state index in [0.29, 0.717) is 11.4 Å². The highest BCUT2D eigenvalue weighted by atomic mass is 32.2. The van der Waals surface area contributed by atoms with Gasteiger partial charge >= 0.3 is 0 Å². The Morgan fingerprint density at radius 2 is 2.30 bits per heavy atom. The van der Waals surface area contributed by atoms with Crippen molar-refractivity contribution >= 4 is 11.8 Å². The summed E-state index contributed by atoms with van der Waals surface area (Å²) in [6.45, 7) is 2.97. The van der Waals surface area contributed by atoms with Gasteiger partial charge < -0.3 is 9.30 Å². The minimum atomic E-state index is 0.340. The molecule has 0 saturated carbocycles. The number of thioether (sulfide) groups is 1. The molecule has 0 radical (unpaired) electrons. The van der Waals surface area contributed by atoms with E-state index in [9.17, 15) is 0 Å². The largest absolute Gasteiger partial charge is 0.378 e. The van der Waals surface area contributed by atoms with Crippen molar-refractivity contribution < 1.29 is 4.74 Å². The lowest BCUT2D eigenvalue weighted by molar-refractivity contribution is 0.0314. The Labute approximate surface area is 122 Å². The zero-order valence-corrected chi connectivity index (χ0v) is 12.5. The summed E-state index contributed by atoms with van der Waals surface area (Å²) in [6, 6.07) is 3.92. The normalized spacial score (nSPS) is 22.9. The summed E-state index contributed by atoms with van der Waals surface area (Å²) in [6.07, 6.45) is 6.06. The molecule has 3 rings (SSSR count). The first-order chi connectivity index (χ1) is 9.74. The zero-order chi connectivity index (χ0) is 13.9. The van der Waals surface area contributed by atoms with E-state index in [1.54, 1.807) is 18.0 Å². The third-order valence-electron chi connectivity index (χ3n) is 3.46. The summed E-state index contributed by atoms with van der Waals surface area (Å²) in [5, 5.41) is 10.1. The van der Waals surface area contributed by atoms with Gasteiger partial charge in [0, 0.05) is 36.9 Å². The minimum Gasteiger partial charge on any atom is -0.378 e. The molecular weight excluding hydrogens is 272 g/mol. The van der Waals surface area contributed by atoms with E-state index in [1.807, 2.05) is 29.9 Å². The molecule has 0 aliphatic carbocycles. The third kappa shape index (κ3) is 2.86. The van der Waals surface area contributed by atoms with Crippen LogP contribution in [0.4, 0.5) is 0 Å². The molecule has 2 atom stereocenters. The number of hydrogen-bond acceptors (Lipinski definition) is 5. The van der Waals surface area contributed by atoms with Crippen molar-refractivity contribution in [3.63, 3.8) is 0 Å². The van der Waals surface area contributed by atoms with Crippen molar-refractivity contribution in [2.24, 2.45) is 7.05 Å². The van der Waals surface area contributed by atoms with Gasteiger partial charge in [-0.15, -0.1) is 10.2 Å². The summed E-state index contributed by atoms with van der Waals surface area (Å²) in [7, 11) is 2.01. The summed E-state index contributed by atoms with van der Waals surface area (Å²) in [4.78, 5) is 4.13. The van der Waals surface area contributed by atoms with E-state index in [2.05, 4.69) is 22.1 Å². The van der Waals surface area contributed by atoms with Gasteiger partial charge in [-0.1, -0.05) is 11.8 Å². The molecule has 0 spiro atoms. The quantitative estimate of drug-likeness (QED) is 0.869. The number of ether oxygens (including phenoxy) is 1. The molecule has 0 amide bonds. The van der Waals surface area contributed by atoms with Gasteiger partial charge in [-0.25, -0.2) is 0 Å².